The van der Waals surface area contributed by atoms with E-state index < -0.39 is 5.97 Å². The van der Waals surface area contributed by atoms with Gasteiger partial charge in [0.1, 0.15) is 23.0 Å². The predicted molar refractivity (Wildman–Crippen MR) is 298 cm³/mol. The second-order valence-corrected chi connectivity index (χ2v) is 22.2. The van der Waals surface area contributed by atoms with Gasteiger partial charge < -0.3 is 34.7 Å². The molecule has 3 aromatic carbocycles. The van der Waals surface area contributed by atoms with Crippen molar-refractivity contribution in [3.8, 4) is 17.2 Å². The first-order valence-electron chi connectivity index (χ1n) is 27.3. The van der Waals surface area contributed by atoms with E-state index >= 15 is 0 Å². The fraction of sp³-hybridized carbons (Fsp3) is 0.484. The van der Waals surface area contributed by atoms with Crippen molar-refractivity contribution >= 4 is 17.5 Å². The van der Waals surface area contributed by atoms with Gasteiger partial charge in [-0.3, -0.25) is 14.4 Å². The van der Waals surface area contributed by atoms with Gasteiger partial charge in [-0.15, -0.1) is 0 Å². The number of ketones is 2. The minimum atomic E-state index is -0.833. The molecule has 3 aromatic rings. The Bertz CT molecular complexity index is 2690. The van der Waals surface area contributed by atoms with E-state index in [1.54, 1.807) is 6.08 Å². The van der Waals surface area contributed by atoms with E-state index in [4.69, 9.17) is 28.8 Å². The maximum atomic E-state index is 15.0. The van der Waals surface area contributed by atoms with Crippen LogP contribution < -0.4 is 24.8 Å². The second kappa shape index (κ2) is 27.8. The van der Waals surface area contributed by atoms with Gasteiger partial charge in [0.15, 0.2) is 11.6 Å². The molecule has 405 valence electrons. The summed E-state index contributed by atoms with van der Waals surface area (Å²) >= 11 is 0. The summed E-state index contributed by atoms with van der Waals surface area (Å²) in [6, 6.07) is 19.4. The van der Waals surface area contributed by atoms with Crippen LogP contribution in [0.15, 0.2) is 124 Å². The number of nitrogens with one attached hydrogen (secondary N) is 2. The first-order chi connectivity index (χ1) is 35.4. The van der Waals surface area contributed by atoms with Crippen LogP contribution in [-0.4, -0.2) is 61.2 Å². The van der Waals surface area contributed by atoms with E-state index in [0.717, 1.165) is 137 Å². The van der Waals surface area contributed by atoms with Gasteiger partial charge in [0.2, 0.25) is 0 Å². The van der Waals surface area contributed by atoms with Crippen molar-refractivity contribution in [1.82, 2.24) is 10.6 Å². The van der Waals surface area contributed by atoms with Gasteiger partial charge in [-0.2, -0.15) is 0 Å². The van der Waals surface area contributed by atoms with E-state index in [-0.39, 0.29) is 51.5 Å². The van der Waals surface area contributed by atoms with Crippen LogP contribution >= 0.6 is 0 Å². The minimum absolute atomic E-state index is 0. The standard InChI is InChI=1S/C62H80N2O6.C2H4O2.Mn/c1-11-28-67-57-41-20-17-21-42(57)33-44-23-19-25-46(59(44)69-30-13-3)36-50-51(55(65)37-47(60(50)70-31-14-4)34-45-24-18-22-43(32-41)58(45)68-29-12-2)40-64-54-27-16-15-26-53(54)63-39-48-35-49(61(5,6)7)38-52(56(48)66)62(8,9)10;1-2(3)4;/h17-25,35,37-40,53-54,63-64H,11-16,26-34,36H2,1-10H3;1H3,(H,3,4);/b48-39-,51-40-;;/t53-,54-;;/m1../s1. The fourth-order valence-electron chi connectivity index (χ4n) is 10.0. The number of Topliss-reactive ketones (excluding diaryl/α,β-unsaturated/α-hetero) is 1. The largest absolute Gasteiger partial charge is 0.493 e. The summed E-state index contributed by atoms with van der Waals surface area (Å²) in [6.07, 6.45) is 19.4. The molecule has 4 aliphatic rings. The molecule has 1 saturated carbocycles. The number of carboxylic acids is 1. The molecule has 7 rings (SSSR count). The molecular weight excluding hydrogens is 980 g/mol. The molecule has 1 fully saturated rings. The molecule has 1 radical (unpaired) electrons. The summed E-state index contributed by atoms with van der Waals surface area (Å²) in [5, 5.41) is 14.9. The summed E-state index contributed by atoms with van der Waals surface area (Å²) < 4.78 is 27.0. The minimum Gasteiger partial charge on any atom is -0.493 e. The molecule has 75 heavy (non-hydrogen) atoms. The molecular formula is C64H84MnN2O8. The first-order valence-corrected chi connectivity index (χ1v) is 27.3. The third-order valence-electron chi connectivity index (χ3n) is 13.8. The molecule has 0 unspecified atom stereocenters. The van der Waals surface area contributed by atoms with Crippen molar-refractivity contribution in [3.63, 3.8) is 0 Å². The number of allylic oxidation sites excluding steroid dienone is 9. The number of benzene rings is 3. The van der Waals surface area contributed by atoms with Crippen LogP contribution in [0.2, 0.25) is 0 Å². The number of hydrogen-bond acceptors (Lipinski definition) is 9. The van der Waals surface area contributed by atoms with Crippen LogP contribution in [0.5, 0.6) is 17.2 Å². The quantitative estimate of drug-likeness (QED) is 0.0941. The third-order valence-corrected chi connectivity index (χ3v) is 13.8. The van der Waals surface area contributed by atoms with Crippen molar-refractivity contribution in [2.45, 2.75) is 165 Å². The van der Waals surface area contributed by atoms with Crippen LogP contribution in [0.25, 0.3) is 0 Å². The number of fused-ring (bicyclic) bond motifs is 7. The number of rotatable bonds is 16. The molecule has 0 heterocycles. The summed E-state index contributed by atoms with van der Waals surface area (Å²) in [7, 11) is 0. The Morgan fingerprint density at radius 2 is 1.01 bits per heavy atom. The van der Waals surface area contributed by atoms with Gasteiger partial charge in [-0.25, -0.2) is 0 Å². The smallest absolute Gasteiger partial charge is 0.300 e. The topological polar surface area (TPSA) is 132 Å². The number of aliphatic carboxylic acids is 1. The van der Waals surface area contributed by atoms with Crippen molar-refractivity contribution < 1.29 is 55.5 Å². The van der Waals surface area contributed by atoms with E-state index in [1.165, 1.54) is 0 Å². The molecule has 0 saturated heterocycles. The van der Waals surface area contributed by atoms with Crippen molar-refractivity contribution in [1.29, 1.82) is 0 Å². The molecule has 8 bridgehead atoms. The van der Waals surface area contributed by atoms with Crippen molar-refractivity contribution in [3.05, 3.63) is 158 Å². The number of hydrogen-bond donors (Lipinski definition) is 3. The van der Waals surface area contributed by atoms with Gasteiger partial charge in [0, 0.05) is 102 Å². The average molecular weight is 1060 g/mol. The molecule has 0 aromatic heterocycles. The maximum Gasteiger partial charge on any atom is 0.300 e. The summed E-state index contributed by atoms with van der Waals surface area (Å²) in [4.78, 5) is 38.0. The maximum absolute atomic E-state index is 15.0. The Hall–Kier alpha value is -5.77. The normalized spacial score (nSPS) is 18.9. The zero-order valence-corrected chi connectivity index (χ0v) is 47.9. The van der Waals surface area contributed by atoms with Crippen LogP contribution in [0.3, 0.4) is 0 Å². The molecule has 3 N–H and O–H groups in total. The van der Waals surface area contributed by atoms with Gasteiger partial charge in [0.25, 0.3) is 5.97 Å². The van der Waals surface area contributed by atoms with E-state index in [9.17, 15) is 9.59 Å². The van der Waals surface area contributed by atoms with Gasteiger partial charge >= 0.3 is 0 Å². The zero-order valence-electron chi connectivity index (χ0n) is 46.7. The number of carbonyl (C=O) groups is 3. The molecule has 11 heteroatoms. The van der Waals surface area contributed by atoms with E-state index in [2.05, 4.69) is 147 Å². The SMILES string of the molecule is CC(=O)O.CCCOC1=C2Cc3cccc(c3OCCC)Cc3cccc(c3OCCC)Cc3cccc(c3OCCC)CC1=CC(=O)/C2=C\N[C@@H]1CCCC[C@H]1N/C=C1/C=C(C(C)(C)C)C=C(C(C)(C)C)C1=O.[Mn]. The van der Waals surface area contributed by atoms with Crippen molar-refractivity contribution in [2.24, 2.45) is 10.8 Å². The Morgan fingerprint density at radius 1 is 0.600 bits per heavy atom. The Kier molecular flexibility index (Phi) is 22.3. The summed E-state index contributed by atoms with van der Waals surface area (Å²) in [5.74, 6) is 2.53. The number of carbonyl (C=O) groups excluding carboxylic acids is 2. The average Bonchev–Trinajstić information content (AvgIpc) is 3.34. The molecule has 2 atom stereocenters. The summed E-state index contributed by atoms with van der Waals surface area (Å²) in [5.41, 5.74) is 10.9. The van der Waals surface area contributed by atoms with Crippen LogP contribution in [0.4, 0.5) is 0 Å². The van der Waals surface area contributed by atoms with Crippen LogP contribution in [-0.2, 0) is 61.9 Å². The monoisotopic (exact) mass is 1060 g/mol. The molecule has 0 aliphatic heterocycles. The van der Waals surface area contributed by atoms with Gasteiger partial charge in [0.05, 0.1) is 26.4 Å². The van der Waals surface area contributed by atoms with Crippen LogP contribution in [0.1, 0.15) is 161 Å². The Balaban J connectivity index is 0.00000201. The number of para-hydroxylation sites is 3. The molecule has 0 amide bonds. The number of ether oxygens (including phenoxy) is 4. The molecule has 4 aliphatic carbocycles. The Morgan fingerprint density at radius 3 is 1.44 bits per heavy atom. The fourth-order valence-corrected chi connectivity index (χ4v) is 10.0. The Labute approximate surface area is 459 Å². The van der Waals surface area contributed by atoms with Gasteiger partial charge in [-0.1, -0.05) is 143 Å². The van der Waals surface area contributed by atoms with Crippen molar-refractivity contribution in [2.75, 3.05) is 26.4 Å². The third kappa shape index (κ3) is 15.9. The van der Waals surface area contributed by atoms with Gasteiger partial charge in [-0.05, 0) is 100 Å². The van der Waals surface area contributed by atoms with E-state index in [1.807, 2.05) is 12.4 Å². The van der Waals surface area contributed by atoms with E-state index in [0.29, 0.717) is 63.3 Å². The molecule has 10 nitrogen and oxygen atoms in total. The molecule has 0 spiro atoms. The zero-order chi connectivity index (χ0) is 53.6. The summed E-state index contributed by atoms with van der Waals surface area (Å²) in [6.45, 7) is 24.8. The second-order valence-electron chi connectivity index (χ2n) is 22.2. The predicted octanol–water partition coefficient (Wildman–Crippen LogP) is 13.4. The number of carboxylic acid groups (broad SMARTS) is 1. The first kappa shape index (κ1) is 60.1. The van der Waals surface area contributed by atoms with Crippen LogP contribution in [0, 0.1) is 10.8 Å².